The molecular weight excluding hydrogens is 256 g/mol. The first kappa shape index (κ1) is 13.7. The minimum Gasteiger partial charge on any atom is -0.490 e. The molecule has 1 saturated carbocycles. The third kappa shape index (κ3) is 2.15. The maximum Gasteiger partial charge on any atom is 0.317 e. The van der Waals surface area contributed by atoms with Crippen molar-refractivity contribution in [2.24, 2.45) is 17.8 Å². The van der Waals surface area contributed by atoms with Gasteiger partial charge in [0.1, 0.15) is 5.92 Å². The zero-order valence-corrected chi connectivity index (χ0v) is 12.0. The van der Waals surface area contributed by atoms with E-state index in [2.05, 4.69) is 0 Å². The number of carbonyl (C=O) groups excluding carboxylic acids is 2. The lowest BCUT2D eigenvalue weighted by Gasteiger charge is -2.32. The highest BCUT2D eigenvalue weighted by Gasteiger charge is 2.51. The van der Waals surface area contributed by atoms with Crippen LogP contribution in [0.15, 0.2) is 11.3 Å². The van der Waals surface area contributed by atoms with Crippen molar-refractivity contribution in [1.29, 1.82) is 0 Å². The predicted molar refractivity (Wildman–Crippen MR) is 72.8 cm³/mol. The molecule has 3 rings (SSSR count). The Balaban J connectivity index is 1.93. The number of methoxy groups -OCH3 is 1. The summed E-state index contributed by atoms with van der Waals surface area (Å²) in [5.41, 5.74) is 1.10. The molecule has 3 aliphatic rings. The number of hydrogen-bond donors (Lipinski definition) is 0. The molecule has 0 aromatic carbocycles. The number of ether oxygens (including phenoxy) is 2. The van der Waals surface area contributed by atoms with Crippen LogP contribution in [0, 0.1) is 17.8 Å². The Morgan fingerprint density at radius 2 is 1.95 bits per heavy atom. The molecule has 0 bridgehead atoms. The van der Waals surface area contributed by atoms with E-state index in [-0.39, 0.29) is 17.7 Å². The average Bonchev–Trinajstić information content (AvgIpc) is 2.81. The molecule has 1 fully saturated rings. The number of ketones is 1. The fourth-order valence-corrected chi connectivity index (χ4v) is 4.13. The Morgan fingerprint density at radius 1 is 1.20 bits per heavy atom. The van der Waals surface area contributed by atoms with Gasteiger partial charge in [-0.15, -0.1) is 0 Å². The first-order valence-electron chi connectivity index (χ1n) is 7.72. The van der Waals surface area contributed by atoms with Crippen LogP contribution >= 0.6 is 0 Å². The van der Waals surface area contributed by atoms with E-state index in [9.17, 15) is 9.59 Å². The topological polar surface area (TPSA) is 52.6 Å². The van der Waals surface area contributed by atoms with Gasteiger partial charge in [0.05, 0.1) is 13.7 Å². The van der Waals surface area contributed by atoms with Crippen LogP contribution < -0.4 is 0 Å². The molecule has 110 valence electrons. The first-order valence-corrected chi connectivity index (χ1v) is 7.72. The van der Waals surface area contributed by atoms with Gasteiger partial charge in [0.25, 0.3) is 0 Å². The zero-order valence-electron chi connectivity index (χ0n) is 12.0. The van der Waals surface area contributed by atoms with Crippen molar-refractivity contribution in [1.82, 2.24) is 0 Å². The Hall–Kier alpha value is -1.32. The summed E-state index contributed by atoms with van der Waals surface area (Å²) in [5.74, 6) is -0.212. The van der Waals surface area contributed by atoms with Crippen molar-refractivity contribution < 1.29 is 19.1 Å². The second-order valence-electron chi connectivity index (χ2n) is 6.10. The normalized spacial score (nSPS) is 30.9. The highest BCUT2D eigenvalue weighted by molar-refractivity contribution is 6.10. The van der Waals surface area contributed by atoms with E-state index in [1.807, 2.05) is 0 Å². The van der Waals surface area contributed by atoms with Crippen molar-refractivity contribution in [2.45, 2.75) is 44.9 Å². The van der Waals surface area contributed by atoms with Gasteiger partial charge in [0, 0.05) is 5.92 Å². The van der Waals surface area contributed by atoms with Crippen molar-refractivity contribution in [3.63, 3.8) is 0 Å². The molecule has 0 aromatic heterocycles. The van der Waals surface area contributed by atoms with Crippen LogP contribution in [0.5, 0.6) is 0 Å². The van der Waals surface area contributed by atoms with Crippen LogP contribution in [-0.4, -0.2) is 25.5 Å². The monoisotopic (exact) mass is 278 g/mol. The van der Waals surface area contributed by atoms with Crippen LogP contribution in [0.25, 0.3) is 0 Å². The number of carbonyl (C=O) groups is 2. The van der Waals surface area contributed by atoms with E-state index in [4.69, 9.17) is 9.47 Å². The summed E-state index contributed by atoms with van der Waals surface area (Å²) in [6.07, 6.45) is 7.74. The highest BCUT2D eigenvalue weighted by atomic mass is 16.5. The van der Waals surface area contributed by atoms with E-state index in [1.54, 1.807) is 0 Å². The second-order valence-corrected chi connectivity index (χ2v) is 6.10. The van der Waals surface area contributed by atoms with Gasteiger partial charge in [-0.2, -0.15) is 0 Å². The minimum atomic E-state index is -0.647. The first-order chi connectivity index (χ1) is 9.74. The summed E-state index contributed by atoms with van der Waals surface area (Å²) < 4.78 is 10.5. The lowest BCUT2D eigenvalue weighted by atomic mass is 9.72. The number of rotatable bonds is 2. The standard InChI is InChI=1S/C16H22O4/c1-19-16(18)13-12(10-6-3-2-4-7-10)11-8-5-9-20-15(11)14(13)17/h10,12-13H,2-9H2,1H3/t12-,13+/m1/s1. The molecule has 20 heavy (non-hydrogen) atoms. The molecule has 1 heterocycles. The minimum absolute atomic E-state index is 0.0329. The maximum atomic E-state index is 12.5. The molecule has 0 spiro atoms. The Labute approximate surface area is 119 Å². The Bertz CT molecular complexity index is 445. The van der Waals surface area contributed by atoms with Crippen LogP contribution in [0.2, 0.25) is 0 Å². The van der Waals surface area contributed by atoms with Gasteiger partial charge in [-0.25, -0.2) is 0 Å². The average molecular weight is 278 g/mol. The molecule has 0 unspecified atom stereocenters. The fourth-order valence-electron chi connectivity index (χ4n) is 4.13. The largest absolute Gasteiger partial charge is 0.490 e. The molecule has 4 nitrogen and oxygen atoms in total. The van der Waals surface area contributed by atoms with E-state index in [1.165, 1.54) is 26.4 Å². The summed E-state index contributed by atoms with van der Waals surface area (Å²) >= 11 is 0. The fraction of sp³-hybridized carbons (Fsp3) is 0.750. The second kappa shape index (κ2) is 5.58. The Kier molecular flexibility index (Phi) is 3.81. The van der Waals surface area contributed by atoms with Gasteiger partial charge < -0.3 is 9.47 Å². The Morgan fingerprint density at radius 3 is 2.65 bits per heavy atom. The van der Waals surface area contributed by atoms with Crippen LogP contribution in [0.1, 0.15) is 44.9 Å². The molecule has 0 radical (unpaired) electrons. The molecule has 0 amide bonds. The van der Waals surface area contributed by atoms with Crippen LogP contribution in [-0.2, 0) is 19.1 Å². The number of allylic oxidation sites excluding steroid dienone is 2. The zero-order chi connectivity index (χ0) is 14.1. The quantitative estimate of drug-likeness (QED) is 0.575. The van der Waals surface area contributed by atoms with Crippen LogP contribution in [0.3, 0.4) is 0 Å². The number of hydrogen-bond acceptors (Lipinski definition) is 4. The van der Waals surface area contributed by atoms with E-state index < -0.39 is 5.92 Å². The molecule has 0 aromatic rings. The van der Waals surface area contributed by atoms with Gasteiger partial charge in [-0.05, 0) is 37.2 Å². The van der Waals surface area contributed by atoms with Crippen LogP contribution in [0.4, 0.5) is 0 Å². The molecule has 4 heteroatoms. The molecule has 2 aliphatic carbocycles. The van der Waals surface area contributed by atoms with E-state index in [0.29, 0.717) is 18.3 Å². The van der Waals surface area contributed by atoms with Gasteiger partial charge >= 0.3 is 5.97 Å². The smallest absolute Gasteiger partial charge is 0.317 e. The predicted octanol–water partition coefficient (Wildman–Crippen LogP) is 2.62. The molecule has 1 aliphatic heterocycles. The number of Topliss-reactive ketones (excluding diaryl/α,β-unsaturated/α-hetero) is 1. The van der Waals surface area contributed by atoms with Gasteiger partial charge in [0.2, 0.25) is 5.78 Å². The van der Waals surface area contributed by atoms with Gasteiger partial charge in [-0.1, -0.05) is 19.3 Å². The number of esters is 1. The lowest BCUT2D eigenvalue weighted by molar-refractivity contribution is -0.150. The summed E-state index contributed by atoms with van der Waals surface area (Å²) in [6, 6.07) is 0. The summed E-state index contributed by atoms with van der Waals surface area (Å²) in [6.45, 7) is 0.593. The van der Waals surface area contributed by atoms with Crippen molar-refractivity contribution in [2.75, 3.05) is 13.7 Å². The lowest BCUT2D eigenvalue weighted by Crippen LogP contribution is -2.33. The summed E-state index contributed by atoms with van der Waals surface area (Å²) in [7, 11) is 1.37. The third-order valence-corrected chi connectivity index (χ3v) is 5.01. The van der Waals surface area contributed by atoms with Gasteiger partial charge in [-0.3, -0.25) is 9.59 Å². The maximum absolute atomic E-state index is 12.5. The van der Waals surface area contributed by atoms with Crippen molar-refractivity contribution >= 4 is 11.8 Å². The summed E-state index contributed by atoms with van der Waals surface area (Å²) in [5, 5.41) is 0. The molecule has 0 saturated heterocycles. The van der Waals surface area contributed by atoms with Crippen molar-refractivity contribution in [3.8, 4) is 0 Å². The van der Waals surface area contributed by atoms with E-state index in [0.717, 1.165) is 31.3 Å². The molecule has 2 atom stereocenters. The molecule has 0 N–H and O–H groups in total. The third-order valence-electron chi connectivity index (χ3n) is 5.01. The van der Waals surface area contributed by atoms with Gasteiger partial charge in [0.15, 0.2) is 5.76 Å². The summed E-state index contributed by atoms with van der Waals surface area (Å²) in [4.78, 5) is 24.6. The SMILES string of the molecule is COC(=O)[C@@H]1C(=O)C2=C(CCCO2)[C@H]1C1CCCCC1. The van der Waals surface area contributed by atoms with Crippen molar-refractivity contribution in [3.05, 3.63) is 11.3 Å². The molecular formula is C16H22O4. The van der Waals surface area contributed by atoms with E-state index >= 15 is 0 Å². The highest BCUT2D eigenvalue weighted by Crippen LogP contribution is 2.48.